The molecule has 2 aliphatic heterocycles. The van der Waals surface area contributed by atoms with Gasteiger partial charge in [-0.15, -0.1) is 0 Å². The van der Waals surface area contributed by atoms with Gasteiger partial charge in [-0.3, -0.25) is 9.69 Å². The highest BCUT2D eigenvalue weighted by Gasteiger charge is 2.39. The number of nitrogens with zero attached hydrogens (tertiary/aromatic N) is 3. The molecule has 2 saturated heterocycles. The molecule has 1 N–H and O–H groups in total. The van der Waals surface area contributed by atoms with Crippen LogP contribution < -0.4 is 14.8 Å². The molecule has 8 heteroatoms. The van der Waals surface area contributed by atoms with Gasteiger partial charge in [-0.05, 0) is 56.3 Å². The Morgan fingerprint density at radius 1 is 1.11 bits per heavy atom. The van der Waals surface area contributed by atoms with Gasteiger partial charge in [-0.1, -0.05) is 30.3 Å². The summed E-state index contributed by atoms with van der Waals surface area (Å²) < 4.78 is 17.0. The lowest BCUT2D eigenvalue weighted by molar-refractivity contribution is -0.155. The zero-order valence-corrected chi connectivity index (χ0v) is 21.0. The third-order valence-electron chi connectivity index (χ3n) is 7.57. The van der Waals surface area contributed by atoms with Crippen molar-refractivity contribution in [1.82, 2.24) is 14.9 Å². The Balaban J connectivity index is 1.24. The molecular formula is C28H34N4O4. The van der Waals surface area contributed by atoms with Crippen LogP contribution in [0.4, 0.5) is 5.82 Å². The Hall–Kier alpha value is -3.39. The molecule has 3 heterocycles. The minimum atomic E-state index is -0.0440. The third-order valence-corrected chi connectivity index (χ3v) is 7.57. The smallest absolute Gasteiger partial charge is 0.306 e. The fraction of sp³-hybridized carbons (Fsp3) is 0.464. The summed E-state index contributed by atoms with van der Waals surface area (Å²) in [6.45, 7) is 6.00. The van der Waals surface area contributed by atoms with Crippen molar-refractivity contribution in [2.45, 2.75) is 38.6 Å². The van der Waals surface area contributed by atoms with Crippen molar-refractivity contribution in [3.8, 4) is 11.5 Å². The second-order valence-electron chi connectivity index (χ2n) is 9.86. The van der Waals surface area contributed by atoms with Gasteiger partial charge in [0, 0.05) is 24.0 Å². The summed E-state index contributed by atoms with van der Waals surface area (Å²) in [5.74, 6) is 2.05. The molecule has 1 unspecified atom stereocenters. The van der Waals surface area contributed by atoms with Crippen LogP contribution in [0.3, 0.4) is 0 Å². The number of carbonyl (C=O) groups is 1. The normalized spacial score (nSPS) is 18.6. The Morgan fingerprint density at radius 2 is 1.92 bits per heavy atom. The number of piperidine rings is 1. The van der Waals surface area contributed by atoms with Crippen molar-refractivity contribution in [2.75, 3.05) is 45.3 Å². The number of fused-ring (bicyclic) bond motifs is 1. The van der Waals surface area contributed by atoms with Gasteiger partial charge in [0.1, 0.15) is 18.8 Å². The standard InChI is InChI=1S/C28H34N4O4/c1-20(21-6-4-3-5-7-21)31-27-22-16-25(24(34-2)17-23(22)29-19-30-27)35-15-13-32-11-8-28(9-12-32)10-14-36-26(33)18-28/h3-7,16-17,19-20H,8-15,18H2,1-2H3,(H,29,30,31). The molecule has 0 saturated carbocycles. The van der Waals surface area contributed by atoms with E-state index >= 15 is 0 Å². The second kappa shape index (κ2) is 10.7. The van der Waals surface area contributed by atoms with E-state index < -0.39 is 0 Å². The lowest BCUT2D eigenvalue weighted by Crippen LogP contribution is -2.45. The minimum Gasteiger partial charge on any atom is -0.493 e. The number of aromatic nitrogens is 2. The van der Waals surface area contributed by atoms with Crippen molar-refractivity contribution < 1.29 is 19.0 Å². The van der Waals surface area contributed by atoms with E-state index in [4.69, 9.17) is 14.2 Å². The molecule has 1 spiro atoms. The van der Waals surface area contributed by atoms with Gasteiger partial charge in [0.2, 0.25) is 0 Å². The molecule has 8 nitrogen and oxygen atoms in total. The summed E-state index contributed by atoms with van der Waals surface area (Å²) in [4.78, 5) is 23.1. The summed E-state index contributed by atoms with van der Waals surface area (Å²) >= 11 is 0. The summed E-state index contributed by atoms with van der Waals surface area (Å²) in [5, 5.41) is 4.41. The first-order valence-electron chi connectivity index (χ1n) is 12.7. The molecule has 2 aromatic carbocycles. The Kier molecular flexibility index (Phi) is 7.23. The van der Waals surface area contributed by atoms with E-state index in [1.54, 1.807) is 13.4 Å². The van der Waals surface area contributed by atoms with Crippen LogP contribution in [0.15, 0.2) is 48.8 Å². The van der Waals surface area contributed by atoms with Crippen LogP contribution in [-0.4, -0.2) is 60.8 Å². The van der Waals surface area contributed by atoms with Gasteiger partial charge < -0.3 is 19.5 Å². The van der Waals surface area contributed by atoms with Gasteiger partial charge >= 0.3 is 5.97 Å². The van der Waals surface area contributed by atoms with Crippen LogP contribution >= 0.6 is 0 Å². The SMILES string of the molecule is COc1cc2ncnc(NC(C)c3ccccc3)c2cc1OCCN1CCC2(CCOC(=O)C2)CC1. The highest BCUT2D eigenvalue weighted by molar-refractivity contribution is 5.91. The molecule has 5 rings (SSSR count). The highest BCUT2D eigenvalue weighted by Crippen LogP contribution is 2.41. The molecule has 2 aliphatic rings. The fourth-order valence-corrected chi connectivity index (χ4v) is 5.27. The third kappa shape index (κ3) is 5.38. The molecule has 190 valence electrons. The van der Waals surface area contributed by atoms with Crippen molar-refractivity contribution in [3.05, 3.63) is 54.4 Å². The van der Waals surface area contributed by atoms with E-state index in [1.165, 1.54) is 5.56 Å². The van der Waals surface area contributed by atoms with Crippen molar-refractivity contribution in [2.24, 2.45) is 5.41 Å². The first-order chi connectivity index (χ1) is 17.5. The maximum Gasteiger partial charge on any atom is 0.306 e. The number of likely N-dealkylation sites (tertiary alicyclic amines) is 1. The van der Waals surface area contributed by atoms with Crippen LogP contribution in [0, 0.1) is 5.41 Å². The summed E-state index contributed by atoms with van der Waals surface area (Å²) in [5.41, 5.74) is 2.11. The van der Waals surface area contributed by atoms with Crippen molar-refractivity contribution in [3.63, 3.8) is 0 Å². The molecule has 36 heavy (non-hydrogen) atoms. The average molecular weight is 491 g/mol. The van der Waals surface area contributed by atoms with Crippen molar-refractivity contribution in [1.29, 1.82) is 0 Å². The minimum absolute atomic E-state index is 0.0440. The van der Waals surface area contributed by atoms with Crippen LogP contribution in [0.1, 0.15) is 44.2 Å². The predicted octanol–water partition coefficient (Wildman–Crippen LogP) is 4.61. The fourth-order valence-electron chi connectivity index (χ4n) is 5.27. The highest BCUT2D eigenvalue weighted by atomic mass is 16.5. The van der Waals surface area contributed by atoms with Gasteiger partial charge in [-0.25, -0.2) is 9.97 Å². The Morgan fingerprint density at radius 3 is 2.67 bits per heavy atom. The number of hydrogen-bond donors (Lipinski definition) is 1. The number of anilines is 1. The predicted molar refractivity (Wildman–Crippen MR) is 138 cm³/mol. The van der Waals surface area contributed by atoms with Gasteiger partial charge in [-0.2, -0.15) is 0 Å². The van der Waals surface area contributed by atoms with Gasteiger partial charge in [0.15, 0.2) is 11.5 Å². The maximum absolute atomic E-state index is 11.8. The number of rotatable bonds is 8. The number of benzene rings is 2. The van der Waals surface area contributed by atoms with E-state index in [2.05, 4.69) is 39.2 Å². The zero-order chi connectivity index (χ0) is 25.0. The van der Waals surface area contributed by atoms with E-state index in [0.717, 1.165) is 55.6 Å². The number of nitrogens with one attached hydrogen (secondary N) is 1. The van der Waals surface area contributed by atoms with E-state index in [0.29, 0.717) is 31.1 Å². The second-order valence-corrected chi connectivity index (χ2v) is 9.86. The number of carbonyl (C=O) groups excluding carboxylic acids is 1. The van der Waals surface area contributed by atoms with Crippen LogP contribution in [0.5, 0.6) is 11.5 Å². The topological polar surface area (TPSA) is 85.8 Å². The molecule has 3 aromatic rings. The molecule has 1 aromatic heterocycles. The first kappa shape index (κ1) is 24.3. The lowest BCUT2D eigenvalue weighted by Gasteiger charge is -2.43. The number of cyclic esters (lactones) is 1. The van der Waals surface area contributed by atoms with E-state index in [-0.39, 0.29) is 17.4 Å². The Labute approximate surface area is 212 Å². The van der Waals surface area contributed by atoms with Gasteiger partial charge in [0.05, 0.1) is 25.7 Å². The first-order valence-corrected chi connectivity index (χ1v) is 12.7. The number of hydrogen-bond acceptors (Lipinski definition) is 8. The van der Waals surface area contributed by atoms with Crippen LogP contribution in [-0.2, 0) is 9.53 Å². The number of methoxy groups -OCH3 is 1. The molecule has 0 aliphatic carbocycles. The summed E-state index contributed by atoms with van der Waals surface area (Å²) in [7, 11) is 1.64. The largest absolute Gasteiger partial charge is 0.493 e. The molecule has 2 fully saturated rings. The molecule has 0 amide bonds. The summed E-state index contributed by atoms with van der Waals surface area (Å²) in [6.07, 6.45) is 5.18. The average Bonchev–Trinajstić information content (AvgIpc) is 2.90. The molecular weight excluding hydrogens is 456 g/mol. The number of ether oxygens (including phenoxy) is 3. The van der Waals surface area contributed by atoms with Gasteiger partial charge in [0.25, 0.3) is 0 Å². The van der Waals surface area contributed by atoms with Crippen LogP contribution in [0.25, 0.3) is 10.9 Å². The van der Waals surface area contributed by atoms with Crippen molar-refractivity contribution >= 4 is 22.7 Å². The monoisotopic (exact) mass is 490 g/mol. The Bertz CT molecular complexity index is 1190. The maximum atomic E-state index is 11.8. The molecule has 0 bridgehead atoms. The number of esters is 1. The zero-order valence-electron chi connectivity index (χ0n) is 21.0. The molecule has 1 atom stereocenters. The molecule has 0 radical (unpaired) electrons. The quantitative estimate of drug-likeness (QED) is 0.458. The van der Waals surface area contributed by atoms with E-state index in [9.17, 15) is 4.79 Å². The summed E-state index contributed by atoms with van der Waals surface area (Å²) in [6, 6.07) is 14.2. The lowest BCUT2D eigenvalue weighted by atomic mass is 9.72. The van der Waals surface area contributed by atoms with Crippen LogP contribution in [0.2, 0.25) is 0 Å². The van der Waals surface area contributed by atoms with E-state index in [1.807, 2.05) is 30.3 Å².